The smallest absolute Gasteiger partial charge is 0.306 e. The zero-order chi connectivity index (χ0) is 52.2. The van der Waals surface area contributed by atoms with Crippen LogP contribution in [-0.4, -0.2) is 37.2 Å². The first-order valence-corrected chi connectivity index (χ1v) is 31.6. The first-order valence-electron chi connectivity index (χ1n) is 31.6. The summed E-state index contributed by atoms with van der Waals surface area (Å²) in [7, 11) is 0. The van der Waals surface area contributed by atoms with E-state index in [1.807, 2.05) is 0 Å². The summed E-state index contributed by atoms with van der Waals surface area (Å²) in [6.07, 6.45) is 75.4. The molecule has 1 atom stereocenters. The van der Waals surface area contributed by atoms with Crippen molar-refractivity contribution >= 4 is 17.9 Å². The van der Waals surface area contributed by atoms with Gasteiger partial charge in [0.25, 0.3) is 0 Å². The molecule has 0 aliphatic rings. The fraction of sp³-hybridized carbons (Fsp3) is 0.833. The lowest BCUT2D eigenvalue weighted by Crippen LogP contribution is -2.30. The van der Waals surface area contributed by atoms with E-state index in [4.69, 9.17) is 14.2 Å². The molecule has 0 N–H and O–H groups in total. The summed E-state index contributed by atoms with van der Waals surface area (Å²) in [5, 5.41) is 0. The fourth-order valence-electron chi connectivity index (χ4n) is 9.27. The zero-order valence-electron chi connectivity index (χ0n) is 48.2. The Bertz CT molecular complexity index is 1250. The van der Waals surface area contributed by atoms with E-state index in [0.717, 1.165) is 77.0 Å². The summed E-state index contributed by atoms with van der Waals surface area (Å²) in [5.74, 6) is -0.866. The SMILES string of the molecule is CCCCCCC/C=C\C/C=C\C/C=C\CCCCCCCCCCCCCCC(=O)OCC(COC(=O)CCCCCCCCCCCCCCC)OC(=O)CCCCCCC/C=C\CCCCCCC. The molecule has 1 unspecified atom stereocenters. The van der Waals surface area contributed by atoms with Gasteiger partial charge in [-0.25, -0.2) is 0 Å². The number of rotatable bonds is 58. The van der Waals surface area contributed by atoms with E-state index in [2.05, 4.69) is 69.4 Å². The second kappa shape index (κ2) is 60.9. The molecule has 0 aliphatic heterocycles. The first kappa shape index (κ1) is 69.4. The van der Waals surface area contributed by atoms with Crippen LogP contribution in [0.4, 0.5) is 0 Å². The van der Waals surface area contributed by atoms with Gasteiger partial charge in [0.1, 0.15) is 13.2 Å². The average Bonchev–Trinajstić information content (AvgIpc) is 3.38. The zero-order valence-corrected chi connectivity index (χ0v) is 48.2. The molecule has 0 saturated heterocycles. The van der Waals surface area contributed by atoms with Gasteiger partial charge in [-0.1, -0.05) is 281 Å². The van der Waals surface area contributed by atoms with E-state index < -0.39 is 6.10 Å². The number of ether oxygens (including phenoxy) is 3. The number of hydrogen-bond acceptors (Lipinski definition) is 6. The first-order chi connectivity index (χ1) is 35.5. The number of hydrogen-bond donors (Lipinski definition) is 0. The Hall–Kier alpha value is -2.63. The van der Waals surface area contributed by atoms with Gasteiger partial charge in [0.2, 0.25) is 0 Å². The normalized spacial score (nSPS) is 12.3. The molecule has 0 aromatic heterocycles. The van der Waals surface area contributed by atoms with Crippen molar-refractivity contribution in [1.29, 1.82) is 0 Å². The summed E-state index contributed by atoms with van der Waals surface area (Å²) < 4.78 is 16.9. The van der Waals surface area contributed by atoms with Crippen LogP contribution < -0.4 is 0 Å². The van der Waals surface area contributed by atoms with Gasteiger partial charge in [0.15, 0.2) is 6.10 Å². The quantitative estimate of drug-likeness (QED) is 0.0261. The molecule has 6 heteroatoms. The summed E-state index contributed by atoms with van der Waals surface area (Å²) in [5.41, 5.74) is 0. The van der Waals surface area contributed by atoms with Gasteiger partial charge in [0, 0.05) is 19.3 Å². The number of carbonyl (C=O) groups excluding carboxylic acids is 3. The van der Waals surface area contributed by atoms with Crippen LogP contribution in [-0.2, 0) is 28.6 Å². The van der Waals surface area contributed by atoms with Crippen molar-refractivity contribution in [2.75, 3.05) is 13.2 Å². The predicted octanol–water partition coefficient (Wildman–Crippen LogP) is 21.4. The number of esters is 3. The highest BCUT2D eigenvalue weighted by molar-refractivity contribution is 5.71. The van der Waals surface area contributed by atoms with Crippen molar-refractivity contribution in [3.8, 4) is 0 Å². The second-order valence-corrected chi connectivity index (χ2v) is 21.3. The van der Waals surface area contributed by atoms with Crippen molar-refractivity contribution in [3.05, 3.63) is 48.6 Å². The molecule has 0 rings (SSSR count). The van der Waals surface area contributed by atoms with Gasteiger partial charge < -0.3 is 14.2 Å². The highest BCUT2D eigenvalue weighted by atomic mass is 16.6. The van der Waals surface area contributed by atoms with E-state index >= 15 is 0 Å². The van der Waals surface area contributed by atoms with Crippen molar-refractivity contribution in [2.24, 2.45) is 0 Å². The third-order valence-corrected chi connectivity index (χ3v) is 14.1. The molecule has 6 nitrogen and oxygen atoms in total. The third kappa shape index (κ3) is 58.3. The fourth-order valence-corrected chi connectivity index (χ4v) is 9.27. The maximum Gasteiger partial charge on any atom is 0.306 e. The van der Waals surface area contributed by atoms with Crippen LogP contribution in [0.3, 0.4) is 0 Å². The van der Waals surface area contributed by atoms with Gasteiger partial charge in [-0.3, -0.25) is 14.4 Å². The minimum atomic E-state index is -0.775. The van der Waals surface area contributed by atoms with Crippen LogP contribution in [0.2, 0.25) is 0 Å². The maximum absolute atomic E-state index is 12.9. The molecule has 0 spiro atoms. The monoisotopic (exact) mass is 1010 g/mol. The average molecular weight is 1010 g/mol. The molecule has 0 aromatic rings. The van der Waals surface area contributed by atoms with Crippen molar-refractivity contribution in [1.82, 2.24) is 0 Å². The van der Waals surface area contributed by atoms with Crippen LogP contribution in [0.5, 0.6) is 0 Å². The third-order valence-electron chi connectivity index (χ3n) is 14.1. The second-order valence-electron chi connectivity index (χ2n) is 21.3. The number of allylic oxidation sites excluding steroid dienone is 8. The molecule has 0 heterocycles. The summed E-state index contributed by atoms with van der Waals surface area (Å²) in [6, 6.07) is 0. The van der Waals surface area contributed by atoms with E-state index in [1.54, 1.807) is 0 Å². The Morgan fingerprint density at radius 3 is 0.792 bits per heavy atom. The number of unbranched alkanes of at least 4 members (excludes halogenated alkanes) is 39. The summed E-state index contributed by atoms with van der Waals surface area (Å²) >= 11 is 0. The van der Waals surface area contributed by atoms with E-state index in [-0.39, 0.29) is 31.1 Å². The van der Waals surface area contributed by atoms with Crippen molar-refractivity contribution in [2.45, 2.75) is 341 Å². The minimum Gasteiger partial charge on any atom is -0.462 e. The lowest BCUT2D eigenvalue weighted by Gasteiger charge is -2.18. The molecule has 0 fully saturated rings. The Labute approximate surface area is 448 Å². The molecular formula is C66H120O6. The topological polar surface area (TPSA) is 78.9 Å². The van der Waals surface area contributed by atoms with Gasteiger partial charge in [-0.15, -0.1) is 0 Å². The molecule has 0 aliphatic carbocycles. The van der Waals surface area contributed by atoms with E-state index in [0.29, 0.717) is 19.3 Å². The van der Waals surface area contributed by atoms with Crippen molar-refractivity contribution in [3.63, 3.8) is 0 Å². The Morgan fingerprint density at radius 1 is 0.278 bits per heavy atom. The molecule has 0 saturated carbocycles. The van der Waals surface area contributed by atoms with Crippen LogP contribution in [0.15, 0.2) is 48.6 Å². The molecule has 72 heavy (non-hydrogen) atoms. The lowest BCUT2D eigenvalue weighted by atomic mass is 10.0. The van der Waals surface area contributed by atoms with E-state index in [9.17, 15) is 14.4 Å². The highest BCUT2D eigenvalue weighted by Gasteiger charge is 2.19. The van der Waals surface area contributed by atoms with Gasteiger partial charge in [-0.2, -0.15) is 0 Å². The minimum absolute atomic E-state index is 0.0730. The van der Waals surface area contributed by atoms with Crippen LogP contribution >= 0.6 is 0 Å². The molecule has 0 radical (unpaired) electrons. The van der Waals surface area contributed by atoms with Crippen molar-refractivity contribution < 1.29 is 28.6 Å². The molecule has 0 bridgehead atoms. The molecular weight excluding hydrogens is 889 g/mol. The highest BCUT2D eigenvalue weighted by Crippen LogP contribution is 2.17. The Balaban J connectivity index is 4.22. The van der Waals surface area contributed by atoms with Crippen LogP contribution in [0.25, 0.3) is 0 Å². The summed E-state index contributed by atoms with van der Waals surface area (Å²) in [4.78, 5) is 38.2. The van der Waals surface area contributed by atoms with Gasteiger partial charge in [0.05, 0.1) is 0 Å². The predicted molar refractivity (Wildman–Crippen MR) is 312 cm³/mol. The number of carbonyl (C=O) groups is 3. The Morgan fingerprint density at radius 2 is 0.500 bits per heavy atom. The lowest BCUT2D eigenvalue weighted by molar-refractivity contribution is -0.167. The van der Waals surface area contributed by atoms with Crippen LogP contribution in [0.1, 0.15) is 335 Å². The molecule has 0 aromatic carbocycles. The van der Waals surface area contributed by atoms with E-state index in [1.165, 1.54) is 218 Å². The van der Waals surface area contributed by atoms with Gasteiger partial charge in [-0.05, 0) is 83.5 Å². The van der Waals surface area contributed by atoms with Gasteiger partial charge >= 0.3 is 17.9 Å². The maximum atomic E-state index is 12.9. The molecule has 420 valence electrons. The summed E-state index contributed by atoms with van der Waals surface area (Å²) in [6.45, 7) is 6.65. The van der Waals surface area contributed by atoms with Crippen LogP contribution in [0, 0.1) is 0 Å². The largest absolute Gasteiger partial charge is 0.462 e. The standard InChI is InChI=1S/C66H120O6/c1-4-7-10-13-16-19-22-25-27-28-29-30-31-32-33-34-35-36-37-38-39-42-44-47-50-53-56-59-65(68)71-62-63(61-70-64(67)58-55-52-49-46-43-40-24-21-18-15-12-9-6-3)72-66(69)60-57-54-51-48-45-41-26-23-20-17-14-11-8-5-2/h22-23,25-26,28-29,31-32,63H,4-21,24,27,30,33-62H2,1-3H3/b25-22-,26-23-,29-28-,32-31-. The molecule has 0 amide bonds. The Kier molecular flexibility index (Phi) is 58.7.